The Kier molecular flexibility index (Phi) is 8.41. The molecular weight excluding hydrogens is 380 g/mol. The number of hydrogen-bond donors (Lipinski definition) is 3. The second-order valence-electron chi connectivity index (χ2n) is 7.32. The fourth-order valence-electron chi connectivity index (χ4n) is 2.72. The average Bonchev–Trinajstić information content (AvgIpc) is 2.73. The predicted molar refractivity (Wildman–Crippen MR) is 121 cm³/mol. The van der Waals surface area contributed by atoms with E-state index < -0.39 is 0 Å². The van der Waals surface area contributed by atoms with Crippen molar-refractivity contribution in [2.75, 3.05) is 36.6 Å². The van der Waals surface area contributed by atoms with Crippen molar-refractivity contribution in [3.05, 3.63) is 53.6 Å². The smallest absolute Gasteiger partial charge is 0.243 e. The minimum absolute atomic E-state index is 0.0715. The molecule has 0 aliphatic carbocycles. The van der Waals surface area contributed by atoms with Crippen LogP contribution in [0.25, 0.3) is 0 Å². The van der Waals surface area contributed by atoms with Gasteiger partial charge < -0.3 is 20.9 Å². The minimum atomic E-state index is -0.188. The lowest BCUT2D eigenvalue weighted by Gasteiger charge is -2.12. The van der Waals surface area contributed by atoms with Crippen LogP contribution in [0.5, 0.6) is 0 Å². The maximum atomic E-state index is 12.3. The number of nitrogens with one attached hydrogen (secondary N) is 3. The first-order chi connectivity index (χ1) is 14.3. The quantitative estimate of drug-likeness (QED) is 0.591. The standard InChI is InChI=1S/C23H30N4O3/c1-5-21(28)26-20-14-19(10-6-16(20)2)25-22(29)15-24-18-11-7-17(8-12-18)9-13-23(30)27(3)4/h6-8,10-12,14,24H,5,9,13,15H2,1-4H3,(H,25,29)(H,26,28). The van der Waals surface area contributed by atoms with Crippen molar-refractivity contribution in [3.63, 3.8) is 0 Å². The topological polar surface area (TPSA) is 90.5 Å². The molecule has 160 valence electrons. The molecule has 30 heavy (non-hydrogen) atoms. The number of anilines is 3. The third-order valence-electron chi connectivity index (χ3n) is 4.65. The molecule has 0 fully saturated rings. The Morgan fingerprint density at radius 1 is 0.900 bits per heavy atom. The molecule has 0 aromatic heterocycles. The number of carbonyl (C=O) groups is 3. The van der Waals surface area contributed by atoms with Crippen molar-refractivity contribution in [1.29, 1.82) is 0 Å². The van der Waals surface area contributed by atoms with Gasteiger partial charge in [0.05, 0.1) is 6.54 Å². The van der Waals surface area contributed by atoms with Crippen LogP contribution in [0, 0.1) is 6.92 Å². The van der Waals surface area contributed by atoms with Crippen LogP contribution in [0.2, 0.25) is 0 Å². The summed E-state index contributed by atoms with van der Waals surface area (Å²) >= 11 is 0. The van der Waals surface area contributed by atoms with Gasteiger partial charge in [-0.25, -0.2) is 0 Å². The summed E-state index contributed by atoms with van der Waals surface area (Å²) in [6.45, 7) is 3.80. The van der Waals surface area contributed by atoms with E-state index in [-0.39, 0.29) is 24.3 Å². The van der Waals surface area contributed by atoms with E-state index in [1.54, 1.807) is 38.1 Å². The number of amides is 3. The van der Waals surface area contributed by atoms with E-state index in [1.165, 1.54) is 0 Å². The van der Waals surface area contributed by atoms with Crippen LogP contribution < -0.4 is 16.0 Å². The molecule has 2 rings (SSSR count). The molecule has 7 nitrogen and oxygen atoms in total. The number of carbonyl (C=O) groups excluding carboxylic acids is 3. The molecule has 0 saturated heterocycles. The largest absolute Gasteiger partial charge is 0.376 e. The lowest BCUT2D eigenvalue weighted by atomic mass is 10.1. The normalized spacial score (nSPS) is 10.3. The molecule has 0 atom stereocenters. The van der Waals surface area contributed by atoms with Crippen LogP contribution in [0.4, 0.5) is 17.1 Å². The lowest BCUT2D eigenvalue weighted by molar-refractivity contribution is -0.128. The SMILES string of the molecule is CCC(=O)Nc1cc(NC(=O)CNc2ccc(CCC(=O)N(C)C)cc2)ccc1C. The van der Waals surface area contributed by atoms with Crippen molar-refractivity contribution in [3.8, 4) is 0 Å². The van der Waals surface area contributed by atoms with Crippen molar-refractivity contribution >= 4 is 34.8 Å². The molecule has 0 aliphatic rings. The summed E-state index contributed by atoms with van der Waals surface area (Å²) in [5.74, 6) is -0.160. The lowest BCUT2D eigenvalue weighted by Crippen LogP contribution is -2.22. The van der Waals surface area contributed by atoms with Gasteiger partial charge in [-0.1, -0.05) is 25.1 Å². The van der Waals surface area contributed by atoms with Crippen LogP contribution in [-0.2, 0) is 20.8 Å². The average molecular weight is 411 g/mol. The molecule has 3 amide bonds. The summed E-state index contributed by atoms with van der Waals surface area (Å²) in [5, 5.41) is 8.75. The fraction of sp³-hybridized carbons (Fsp3) is 0.348. The van der Waals surface area contributed by atoms with E-state index >= 15 is 0 Å². The maximum absolute atomic E-state index is 12.3. The zero-order valence-corrected chi connectivity index (χ0v) is 18.0. The van der Waals surface area contributed by atoms with E-state index in [2.05, 4.69) is 16.0 Å². The van der Waals surface area contributed by atoms with Crippen LogP contribution in [0.15, 0.2) is 42.5 Å². The molecule has 3 N–H and O–H groups in total. The van der Waals surface area contributed by atoms with Gasteiger partial charge in [0.25, 0.3) is 0 Å². The highest BCUT2D eigenvalue weighted by molar-refractivity contribution is 5.96. The Bertz CT molecular complexity index is 892. The summed E-state index contributed by atoms with van der Waals surface area (Å²) in [6.07, 6.45) is 1.55. The van der Waals surface area contributed by atoms with Gasteiger partial charge in [0.2, 0.25) is 17.7 Å². The van der Waals surface area contributed by atoms with Gasteiger partial charge in [-0.2, -0.15) is 0 Å². The van der Waals surface area contributed by atoms with E-state index in [4.69, 9.17) is 0 Å². The molecule has 0 heterocycles. The van der Waals surface area contributed by atoms with Crippen molar-refractivity contribution in [1.82, 2.24) is 4.90 Å². The first-order valence-electron chi connectivity index (χ1n) is 10.0. The zero-order chi connectivity index (χ0) is 22.1. The number of benzene rings is 2. The first kappa shape index (κ1) is 22.9. The predicted octanol–water partition coefficient (Wildman–Crippen LogP) is 3.41. The molecule has 0 bridgehead atoms. The van der Waals surface area contributed by atoms with Crippen LogP contribution in [-0.4, -0.2) is 43.3 Å². The number of nitrogens with zero attached hydrogens (tertiary/aromatic N) is 1. The number of hydrogen-bond acceptors (Lipinski definition) is 4. The first-order valence-corrected chi connectivity index (χ1v) is 10.0. The molecule has 2 aromatic rings. The van der Waals surface area contributed by atoms with Gasteiger partial charge in [-0.3, -0.25) is 14.4 Å². The van der Waals surface area contributed by atoms with Crippen LogP contribution >= 0.6 is 0 Å². The summed E-state index contributed by atoms with van der Waals surface area (Å²) in [4.78, 5) is 37.1. The van der Waals surface area contributed by atoms with Crippen molar-refractivity contribution < 1.29 is 14.4 Å². The maximum Gasteiger partial charge on any atom is 0.243 e. The Hall–Kier alpha value is -3.35. The summed E-state index contributed by atoms with van der Waals surface area (Å²) in [7, 11) is 3.50. The summed E-state index contributed by atoms with van der Waals surface area (Å²) in [5.41, 5.74) is 4.14. The van der Waals surface area contributed by atoms with Gasteiger partial charge in [-0.05, 0) is 48.7 Å². The zero-order valence-electron chi connectivity index (χ0n) is 18.0. The Morgan fingerprint density at radius 2 is 1.57 bits per heavy atom. The molecule has 0 saturated carbocycles. The Labute approximate surface area is 177 Å². The highest BCUT2D eigenvalue weighted by atomic mass is 16.2. The van der Waals surface area contributed by atoms with E-state index in [1.807, 2.05) is 37.3 Å². The molecule has 7 heteroatoms. The molecule has 0 aliphatic heterocycles. The highest BCUT2D eigenvalue weighted by Crippen LogP contribution is 2.20. The van der Waals surface area contributed by atoms with Gasteiger partial charge in [0.1, 0.15) is 0 Å². The minimum Gasteiger partial charge on any atom is -0.376 e. The summed E-state index contributed by atoms with van der Waals surface area (Å²) in [6, 6.07) is 13.1. The van der Waals surface area contributed by atoms with Gasteiger partial charge in [0, 0.05) is 44.0 Å². The Morgan fingerprint density at radius 3 is 2.20 bits per heavy atom. The van der Waals surface area contributed by atoms with E-state index in [9.17, 15) is 14.4 Å². The second-order valence-corrected chi connectivity index (χ2v) is 7.32. The molecule has 0 radical (unpaired) electrons. The number of rotatable bonds is 9. The summed E-state index contributed by atoms with van der Waals surface area (Å²) < 4.78 is 0. The van der Waals surface area contributed by atoms with Crippen LogP contribution in [0.1, 0.15) is 30.9 Å². The van der Waals surface area contributed by atoms with Crippen LogP contribution in [0.3, 0.4) is 0 Å². The van der Waals surface area contributed by atoms with Crippen molar-refractivity contribution in [2.24, 2.45) is 0 Å². The highest BCUT2D eigenvalue weighted by Gasteiger charge is 2.08. The monoisotopic (exact) mass is 410 g/mol. The second kappa shape index (κ2) is 11.0. The van der Waals surface area contributed by atoms with Gasteiger partial charge in [-0.15, -0.1) is 0 Å². The fourth-order valence-corrected chi connectivity index (χ4v) is 2.72. The third kappa shape index (κ3) is 7.24. The van der Waals surface area contributed by atoms with E-state index in [0.29, 0.717) is 30.6 Å². The molecular formula is C23H30N4O3. The van der Waals surface area contributed by atoms with E-state index in [0.717, 1.165) is 16.8 Å². The van der Waals surface area contributed by atoms with Crippen molar-refractivity contribution in [2.45, 2.75) is 33.1 Å². The number of aryl methyl sites for hydroxylation is 2. The molecule has 0 spiro atoms. The third-order valence-corrected chi connectivity index (χ3v) is 4.65. The van der Waals surface area contributed by atoms with Gasteiger partial charge in [0.15, 0.2) is 0 Å². The Balaban J connectivity index is 1.85. The van der Waals surface area contributed by atoms with Gasteiger partial charge >= 0.3 is 0 Å². The molecule has 2 aromatic carbocycles. The molecule has 0 unspecified atom stereocenters.